The summed E-state index contributed by atoms with van der Waals surface area (Å²) in [7, 11) is -4.08. The van der Waals surface area contributed by atoms with Crippen molar-refractivity contribution in [2.24, 2.45) is 5.92 Å². The first kappa shape index (κ1) is 17.7. The van der Waals surface area contributed by atoms with Gasteiger partial charge >= 0.3 is 0 Å². The van der Waals surface area contributed by atoms with E-state index < -0.39 is 32.1 Å². The van der Waals surface area contributed by atoms with Crippen molar-refractivity contribution < 1.29 is 26.7 Å². The first-order valence-corrected chi connectivity index (χ1v) is 9.93. The van der Waals surface area contributed by atoms with E-state index in [0.717, 1.165) is 12.1 Å². The van der Waals surface area contributed by atoms with Crippen LogP contribution in [-0.4, -0.2) is 28.2 Å². The zero-order chi connectivity index (χ0) is 18.5. The van der Waals surface area contributed by atoms with Crippen LogP contribution in [0.25, 0.3) is 0 Å². The summed E-state index contributed by atoms with van der Waals surface area (Å²) in [4.78, 5) is 0.00492. The molecule has 2 atom stereocenters. The summed E-state index contributed by atoms with van der Waals surface area (Å²) >= 11 is 5.87. The molecule has 0 aromatic heterocycles. The van der Waals surface area contributed by atoms with Crippen molar-refractivity contribution in [3.8, 4) is 5.75 Å². The maximum absolute atomic E-state index is 14.8. The predicted molar refractivity (Wildman–Crippen MR) is 91.1 cm³/mol. The van der Waals surface area contributed by atoms with Crippen molar-refractivity contribution in [1.29, 1.82) is 0 Å². The van der Waals surface area contributed by atoms with E-state index in [1.165, 1.54) is 24.3 Å². The summed E-state index contributed by atoms with van der Waals surface area (Å²) in [6.45, 7) is 0.140. The van der Waals surface area contributed by atoms with Gasteiger partial charge in [-0.1, -0.05) is 11.6 Å². The van der Waals surface area contributed by atoms with Crippen LogP contribution in [0.15, 0.2) is 41.3 Å². The number of ether oxygens (including phenoxy) is 2. The zero-order valence-electron chi connectivity index (χ0n) is 13.5. The maximum atomic E-state index is 14.8. The Morgan fingerprint density at radius 3 is 2.46 bits per heavy atom. The van der Waals surface area contributed by atoms with Gasteiger partial charge in [-0.3, -0.25) is 0 Å². The van der Waals surface area contributed by atoms with Gasteiger partial charge in [-0.05, 0) is 42.8 Å². The van der Waals surface area contributed by atoms with Crippen LogP contribution in [0.5, 0.6) is 5.75 Å². The van der Waals surface area contributed by atoms with E-state index in [4.69, 9.17) is 21.1 Å². The minimum atomic E-state index is -4.08. The molecule has 2 unspecified atom stereocenters. The summed E-state index contributed by atoms with van der Waals surface area (Å²) < 4.78 is 65.5. The number of halogens is 3. The fourth-order valence-electron chi connectivity index (χ4n) is 3.86. The third-order valence-corrected chi connectivity index (χ3v) is 7.96. The standard InChI is InChI=1S/C18H15ClF2O4S/c19-12-1-3-13(4-2-12)26(22,23)18-7-8-24-9-11(18)10-25-17-15(21)6-5-14(20)16(17)18/h1-6,11H,7-10H2. The van der Waals surface area contributed by atoms with Crippen LogP contribution in [0.3, 0.4) is 0 Å². The molecule has 2 aromatic rings. The Labute approximate surface area is 154 Å². The van der Waals surface area contributed by atoms with E-state index in [9.17, 15) is 17.2 Å². The van der Waals surface area contributed by atoms with Gasteiger partial charge in [0.25, 0.3) is 0 Å². The highest BCUT2D eigenvalue weighted by atomic mass is 35.5. The molecule has 2 aromatic carbocycles. The molecular weight excluding hydrogens is 386 g/mol. The van der Waals surface area contributed by atoms with Crippen molar-refractivity contribution in [2.45, 2.75) is 16.1 Å². The molecule has 1 saturated heterocycles. The van der Waals surface area contributed by atoms with Crippen LogP contribution < -0.4 is 4.74 Å². The molecule has 0 amide bonds. The Morgan fingerprint density at radius 1 is 1.04 bits per heavy atom. The van der Waals surface area contributed by atoms with Crippen molar-refractivity contribution in [3.63, 3.8) is 0 Å². The van der Waals surface area contributed by atoms with Gasteiger partial charge in [-0.2, -0.15) is 0 Å². The molecule has 8 heteroatoms. The van der Waals surface area contributed by atoms with Gasteiger partial charge in [-0.15, -0.1) is 0 Å². The van der Waals surface area contributed by atoms with Gasteiger partial charge in [0.1, 0.15) is 10.6 Å². The van der Waals surface area contributed by atoms with Gasteiger partial charge in [0.2, 0.25) is 0 Å². The van der Waals surface area contributed by atoms with Crippen LogP contribution in [0.1, 0.15) is 12.0 Å². The Bertz CT molecular complexity index is 962. The number of sulfone groups is 1. The van der Waals surface area contributed by atoms with Crippen molar-refractivity contribution in [2.75, 3.05) is 19.8 Å². The van der Waals surface area contributed by atoms with Crippen LogP contribution in [0.4, 0.5) is 8.78 Å². The molecule has 0 spiro atoms. The molecule has 26 heavy (non-hydrogen) atoms. The largest absolute Gasteiger partial charge is 0.490 e. The molecule has 4 nitrogen and oxygen atoms in total. The van der Waals surface area contributed by atoms with Crippen molar-refractivity contribution in [1.82, 2.24) is 0 Å². The minimum absolute atomic E-state index is 0.00492. The zero-order valence-corrected chi connectivity index (χ0v) is 15.1. The van der Waals surface area contributed by atoms with Gasteiger partial charge in [0.15, 0.2) is 21.4 Å². The lowest BCUT2D eigenvalue weighted by atomic mass is 9.79. The molecular formula is C18H15ClF2O4S. The average molecular weight is 401 g/mol. The summed E-state index contributed by atoms with van der Waals surface area (Å²) in [6, 6.07) is 7.56. The molecule has 1 fully saturated rings. The number of rotatable bonds is 2. The Balaban J connectivity index is 2.02. The third-order valence-electron chi connectivity index (χ3n) is 5.11. The second-order valence-electron chi connectivity index (χ2n) is 6.41. The van der Waals surface area contributed by atoms with Crippen LogP contribution in [0, 0.1) is 17.6 Å². The minimum Gasteiger partial charge on any atom is -0.490 e. The highest BCUT2D eigenvalue weighted by Crippen LogP contribution is 2.53. The van der Waals surface area contributed by atoms with E-state index >= 15 is 0 Å². The first-order valence-electron chi connectivity index (χ1n) is 8.07. The number of fused-ring (bicyclic) bond motifs is 3. The Morgan fingerprint density at radius 2 is 1.73 bits per heavy atom. The van der Waals surface area contributed by atoms with Crippen molar-refractivity contribution in [3.05, 3.63) is 58.6 Å². The van der Waals surface area contributed by atoms with Gasteiger partial charge in [-0.25, -0.2) is 17.2 Å². The van der Waals surface area contributed by atoms with Crippen molar-refractivity contribution >= 4 is 21.4 Å². The fraction of sp³-hybridized carbons (Fsp3) is 0.333. The summed E-state index contributed by atoms with van der Waals surface area (Å²) in [5, 5.41) is 0.384. The average Bonchev–Trinajstić information content (AvgIpc) is 2.64. The number of hydrogen-bond donors (Lipinski definition) is 0. The SMILES string of the molecule is O=S(=O)(c1ccc(Cl)cc1)C12CCOCC1COc1c(F)ccc(F)c12. The molecule has 0 radical (unpaired) electrons. The second kappa shape index (κ2) is 6.18. The number of hydrogen-bond acceptors (Lipinski definition) is 4. The van der Waals surface area contributed by atoms with Crippen LogP contribution in [0.2, 0.25) is 5.02 Å². The predicted octanol–water partition coefficient (Wildman–Crippen LogP) is 3.72. The summed E-state index contributed by atoms with van der Waals surface area (Å²) in [5.41, 5.74) is -0.244. The second-order valence-corrected chi connectivity index (χ2v) is 9.06. The molecule has 138 valence electrons. The quantitative estimate of drug-likeness (QED) is 0.771. The van der Waals surface area contributed by atoms with Gasteiger partial charge < -0.3 is 9.47 Å². The lowest BCUT2D eigenvalue weighted by Crippen LogP contribution is -2.54. The third kappa shape index (κ3) is 2.37. The lowest BCUT2D eigenvalue weighted by molar-refractivity contribution is -0.00653. The van der Waals surface area contributed by atoms with Gasteiger partial charge in [0.05, 0.1) is 23.7 Å². The molecule has 2 aliphatic rings. The lowest BCUT2D eigenvalue weighted by Gasteiger charge is -2.46. The molecule has 0 N–H and O–H groups in total. The fourth-order valence-corrected chi connectivity index (χ4v) is 6.29. The van der Waals surface area contributed by atoms with E-state index in [1.54, 1.807) is 0 Å². The Hall–Kier alpha value is -1.70. The topological polar surface area (TPSA) is 52.6 Å². The summed E-state index contributed by atoms with van der Waals surface area (Å²) in [5.74, 6) is -2.57. The monoisotopic (exact) mass is 400 g/mol. The summed E-state index contributed by atoms with van der Waals surface area (Å²) in [6.07, 6.45) is 0.0133. The van der Waals surface area contributed by atoms with E-state index in [1.807, 2.05) is 0 Å². The van der Waals surface area contributed by atoms with E-state index in [-0.39, 0.29) is 42.4 Å². The van der Waals surface area contributed by atoms with Gasteiger partial charge in [0, 0.05) is 17.5 Å². The molecule has 2 aliphatic heterocycles. The first-order chi connectivity index (χ1) is 12.4. The smallest absolute Gasteiger partial charge is 0.189 e. The molecule has 0 bridgehead atoms. The maximum Gasteiger partial charge on any atom is 0.189 e. The van der Waals surface area contributed by atoms with Crippen LogP contribution in [-0.2, 0) is 19.3 Å². The molecule has 0 saturated carbocycles. The van der Waals surface area contributed by atoms with Crippen LogP contribution >= 0.6 is 11.6 Å². The highest BCUT2D eigenvalue weighted by Gasteiger charge is 2.59. The Kier molecular flexibility index (Phi) is 4.21. The molecule has 0 aliphatic carbocycles. The molecule has 2 heterocycles. The van der Waals surface area contributed by atoms with E-state index in [2.05, 4.69) is 0 Å². The molecule has 4 rings (SSSR count). The number of benzene rings is 2. The van der Waals surface area contributed by atoms with E-state index in [0.29, 0.717) is 5.02 Å². The highest BCUT2D eigenvalue weighted by molar-refractivity contribution is 7.92. The normalized spacial score (nSPS) is 25.1.